The summed E-state index contributed by atoms with van der Waals surface area (Å²) < 4.78 is 5.56. The van der Waals surface area contributed by atoms with E-state index in [9.17, 15) is 29.4 Å². The zero-order valence-corrected chi connectivity index (χ0v) is 20.4. The Labute approximate surface area is 199 Å². The molecule has 0 radical (unpaired) electrons. The first-order chi connectivity index (χ1) is 15.9. The maximum atomic E-state index is 13.6. The van der Waals surface area contributed by atoms with E-state index in [1.807, 2.05) is 6.92 Å². The van der Waals surface area contributed by atoms with Crippen LogP contribution in [-0.4, -0.2) is 75.4 Å². The van der Waals surface area contributed by atoms with Crippen molar-refractivity contribution in [1.29, 1.82) is 0 Å². The van der Waals surface area contributed by atoms with Crippen LogP contribution in [0.3, 0.4) is 0 Å². The lowest BCUT2D eigenvalue weighted by Crippen LogP contribution is -2.59. The summed E-state index contributed by atoms with van der Waals surface area (Å²) in [7, 11) is 0. The van der Waals surface area contributed by atoms with Crippen LogP contribution in [0.4, 0.5) is 4.79 Å². The van der Waals surface area contributed by atoms with E-state index in [4.69, 9.17) is 4.74 Å². The normalized spacial score (nSPS) is 36.9. The number of rotatable bonds is 7. The fourth-order valence-electron chi connectivity index (χ4n) is 5.77. The Kier molecular flexibility index (Phi) is 6.33. The summed E-state index contributed by atoms with van der Waals surface area (Å²) in [5.74, 6) is -1.05. The number of carbonyl (C=O) groups is 4. The lowest BCUT2D eigenvalue weighted by atomic mass is 9.85. The van der Waals surface area contributed by atoms with Gasteiger partial charge in [0.15, 0.2) is 0 Å². The predicted octanol–water partition coefficient (Wildman–Crippen LogP) is 1.26. The number of β-amino-alcohol motifs (C(OH)–C–C–N with tert-alkyl or cyclic N) is 1. The second kappa shape index (κ2) is 8.70. The van der Waals surface area contributed by atoms with Crippen LogP contribution in [0.5, 0.6) is 0 Å². The monoisotopic (exact) mass is 479 g/mol. The molecule has 0 spiro atoms. The number of ether oxygens (including phenoxy) is 1. The minimum absolute atomic E-state index is 0.0101. The maximum Gasteiger partial charge on any atom is 0.408 e. The van der Waals surface area contributed by atoms with Gasteiger partial charge in [-0.2, -0.15) is 0 Å². The number of carbonyl (C=O) groups excluding carboxylic acids is 3. The van der Waals surface area contributed by atoms with Gasteiger partial charge in [0.2, 0.25) is 11.8 Å². The number of carboxylic acids is 1. The van der Waals surface area contributed by atoms with E-state index >= 15 is 0 Å². The molecule has 1 heterocycles. The Morgan fingerprint density at radius 2 is 1.76 bits per heavy atom. The highest BCUT2D eigenvalue weighted by Crippen LogP contribution is 2.52. The highest BCUT2D eigenvalue weighted by Gasteiger charge is 2.61. The first-order valence-corrected chi connectivity index (χ1v) is 12.4. The number of likely N-dealkylation sites (tertiary alicyclic amines) is 1. The number of hydrogen-bond acceptors (Lipinski definition) is 6. The lowest BCUT2D eigenvalue weighted by Gasteiger charge is -2.35. The third-order valence-electron chi connectivity index (χ3n) is 8.04. The van der Waals surface area contributed by atoms with Gasteiger partial charge in [0.1, 0.15) is 23.7 Å². The van der Waals surface area contributed by atoms with Crippen LogP contribution in [0.25, 0.3) is 0 Å². The van der Waals surface area contributed by atoms with E-state index in [1.54, 1.807) is 20.8 Å². The second-order valence-corrected chi connectivity index (χ2v) is 11.7. The first-order valence-electron chi connectivity index (χ1n) is 12.4. The highest BCUT2D eigenvalue weighted by molar-refractivity contribution is 5.96. The van der Waals surface area contributed by atoms with Gasteiger partial charge in [0.25, 0.3) is 0 Å². The number of amides is 3. The quantitative estimate of drug-likeness (QED) is 0.430. The molecule has 3 saturated carbocycles. The molecule has 4 fully saturated rings. The molecule has 8 atom stereocenters. The average Bonchev–Trinajstić information content (AvgIpc) is 3.56. The van der Waals surface area contributed by atoms with Crippen molar-refractivity contribution in [1.82, 2.24) is 15.5 Å². The van der Waals surface area contributed by atoms with Crippen LogP contribution >= 0.6 is 0 Å². The van der Waals surface area contributed by atoms with Crippen molar-refractivity contribution in [3.05, 3.63) is 0 Å². The molecule has 1 saturated heterocycles. The smallest absolute Gasteiger partial charge is 0.408 e. The zero-order valence-electron chi connectivity index (χ0n) is 20.4. The van der Waals surface area contributed by atoms with Gasteiger partial charge in [-0.3, -0.25) is 9.59 Å². The van der Waals surface area contributed by atoms with Crippen molar-refractivity contribution in [3.63, 3.8) is 0 Å². The van der Waals surface area contributed by atoms with Gasteiger partial charge in [-0.1, -0.05) is 34.1 Å². The van der Waals surface area contributed by atoms with Crippen molar-refractivity contribution in [2.75, 3.05) is 6.54 Å². The molecule has 4 N–H and O–H groups in total. The average molecular weight is 480 g/mol. The van der Waals surface area contributed by atoms with Crippen LogP contribution in [-0.2, 0) is 19.1 Å². The second-order valence-electron chi connectivity index (χ2n) is 11.7. The first kappa shape index (κ1) is 24.8. The number of aliphatic hydroxyl groups is 1. The molecule has 0 aromatic rings. The van der Waals surface area contributed by atoms with E-state index in [1.165, 1.54) is 11.3 Å². The molecule has 34 heavy (non-hydrogen) atoms. The van der Waals surface area contributed by atoms with Crippen molar-refractivity contribution in [2.45, 2.75) is 96.1 Å². The van der Waals surface area contributed by atoms with E-state index in [0.717, 1.165) is 12.8 Å². The Hall–Kier alpha value is -2.36. The van der Waals surface area contributed by atoms with Crippen molar-refractivity contribution < 1.29 is 34.1 Å². The van der Waals surface area contributed by atoms with Crippen molar-refractivity contribution >= 4 is 23.9 Å². The van der Waals surface area contributed by atoms with Crippen molar-refractivity contribution in [2.24, 2.45) is 23.2 Å². The third-order valence-corrected chi connectivity index (χ3v) is 8.04. The molecule has 0 aromatic carbocycles. The molecule has 4 aliphatic rings. The number of hydrogen-bond donors (Lipinski definition) is 4. The predicted molar refractivity (Wildman–Crippen MR) is 121 cm³/mol. The number of aliphatic carboxylic acids is 1. The Bertz CT molecular complexity index is 861. The number of nitrogens with one attached hydrogen (secondary N) is 2. The number of alkyl carbamates (subject to hydrolysis) is 1. The fourth-order valence-corrected chi connectivity index (χ4v) is 5.77. The van der Waals surface area contributed by atoms with E-state index < -0.39 is 53.0 Å². The standard InChI is InChI=1S/C24H37N3O7/c1-5-14-10-24(14,21(31)32)26-19(29)17-9-15(28)11-27(17)20(30)18(23(2,3)4)25-22(33)34-16-7-12-6-13(12)8-16/h12-18,28H,5-11H2,1-4H3,(H,25,33)(H,26,29)(H,31,32)/t12-,13?,14+,15+,16?,17-,18+,24+/m0/s1. The molecule has 10 nitrogen and oxygen atoms in total. The Morgan fingerprint density at radius 3 is 2.29 bits per heavy atom. The molecular formula is C24H37N3O7. The minimum atomic E-state index is -1.32. The minimum Gasteiger partial charge on any atom is -0.479 e. The van der Waals surface area contributed by atoms with Gasteiger partial charge in [0.05, 0.1) is 6.10 Å². The summed E-state index contributed by atoms with van der Waals surface area (Å²) >= 11 is 0. The SMILES string of the molecule is CC[C@@H]1C[C@]1(NC(=O)[C@@H]1C[C@@H](O)CN1C(=O)[C@@H](NC(=O)OC1CC2C[C@H]2C1)C(C)(C)C)C(=O)O. The van der Waals surface area contributed by atoms with Crippen LogP contribution < -0.4 is 10.6 Å². The highest BCUT2D eigenvalue weighted by atomic mass is 16.6. The molecule has 0 bridgehead atoms. The summed E-state index contributed by atoms with van der Waals surface area (Å²) in [6.45, 7) is 7.21. The molecule has 4 rings (SSSR count). The Balaban J connectivity index is 1.44. The fraction of sp³-hybridized carbons (Fsp3) is 0.833. The van der Waals surface area contributed by atoms with Gasteiger partial charge in [0, 0.05) is 13.0 Å². The summed E-state index contributed by atoms with van der Waals surface area (Å²) in [6.07, 6.45) is 2.17. The van der Waals surface area contributed by atoms with E-state index in [0.29, 0.717) is 24.7 Å². The van der Waals surface area contributed by atoms with Gasteiger partial charge >= 0.3 is 12.1 Å². The van der Waals surface area contributed by atoms with Crippen LogP contribution in [0, 0.1) is 23.2 Å². The summed E-state index contributed by atoms with van der Waals surface area (Å²) in [4.78, 5) is 52.3. The summed E-state index contributed by atoms with van der Waals surface area (Å²) in [5, 5.41) is 25.3. The molecule has 0 aromatic heterocycles. The number of fused-ring (bicyclic) bond motifs is 1. The zero-order chi connectivity index (χ0) is 25.0. The molecule has 1 aliphatic heterocycles. The van der Waals surface area contributed by atoms with Crippen LogP contribution in [0.15, 0.2) is 0 Å². The largest absolute Gasteiger partial charge is 0.479 e. The van der Waals surface area contributed by atoms with Gasteiger partial charge < -0.3 is 30.5 Å². The third kappa shape index (κ3) is 4.74. The number of aliphatic hydroxyl groups excluding tert-OH is 1. The number of carboxylic acid groups (broad SMARTS) is 1. The Morgan fingerprint density at radius 1 is 1.12 bits per heavy atom. The van der Waals surface area contributed by atoms with E-state index in [-0.39, 0.29) is 25.0 Å². The van der Waals surface area contributed by atoms with E-state index in [2.05, 4.69) is 10.6 Å². The van der Waals surface area contributed by atoms with Crippen molar-refractivity contribution in [3.8, 4) is 0 Å². The summed E-state index contributed by atoms with van der Waals surface area (Å²) in [6, 6.07) is -1.99. The topological polar surface area (TPSA) is 145 Å². The molecular weight excluding hydrogens is 442 g/mol. The van der Waals surface area contributed by atoms with Crippen LogP contribution in [0.1, 0.15) is 66.2 Å². The summed E-state index contributed by atoms with van der Waals surface area (Å²) in [5.41, 5.74) is -2.00. The number of nitrogens with zero attached hydrogens (tertiary/aromatic N) is 1. The molecule has 3 aliphatic carbocycles. The molecule has 2 unspecified atom stereocenters. The van der Waals surface area contributed by atoms with Gasteiger partial charge in [-0.25, -0.2) is 9.59 Å². The maximum absolute atomic E-state index is 13.6. The lowest BCUT2D eigenvalue weighted by molar-refractivity contribution is -0.146. The van der Waals surface area contributed by atoms with Gasteiger partial charge in [-0.05, 0) is 48.9 Å². The van der Waals surface area contributed by atoms with Gasteiger partial charge in [-0.15, -0.1) is 0 Å². The van der Waals surface area contributed by atoms with Crippen LogP contribution in [0.2, 0.25) is 0 Å². The molecule has 190 valence electrons. The molecule has 3 amide bonds. The molecule has 10 heteroatoms.